The van der Waals surface area contributed by atoms with Gasteiger partial charge in [0.05, 0.1) is 11.5 Å². The summed E-state index contributed by atoms with van der Waals surface area (Å²) in [5, 5.41) is 0. The number of hydrogen-bond acceptors (Lipinski definition) is 3. The van der Waals surface area contributed by atoms with Gasteiger partial charge in [0.2, 0.25) is 5.91 Å². The van der Waals surface area contributed by atoms with E-state index in [9.17, 15) is 14.4 Å². The zero-order valence-corrected chi connectivity index (χ0v) is 10.1. The second kappa shape index (κ2) is 4.98. The van der Waals surface area contributed by atoms with Crippen LogP contribution in [0.1, 0.15) is 44.9 Å². The molecule has 1 aliphatic heterocycles. The lowest BCUT2D eigenvalue weighted by molar-refractivity contribution is -0.141. The fraction of sp³-hybridized carbons (Fsp3) is 0.769. The van der Waals surface area contributed by atoms with Gasteiger partial charge in [0.25, 0.3) is 0 Å². The average molecular weight is 237 g/mol. The Labute approximate surface area is 101 Å². The van der Waals surface area contributed by atoms with E-state index in [0.29, 0.717) is 6.54 Å². The van der Waals surface area contributed by atoms with Crippen LogP contribution in [0.3, 0.4) is 0 Å². The summed E-state index contributed by atoms with van der Waals surface area (Å²) < 4.78 is 0. The van der Waals surface area contributed by atoms with Crippen LogP contribution in [0.5, 0.6) is 0 Å². The minimum atomic E-state index is -0.540. The van der Waals surface area contributed by atoms with Gasteiger partial charge in [-0.1, -0.05) is 19.3 Å². The molecule has 4 heteroatoms. The first kappa shape index (κ1) is 12.3. The maximum atomic E-state index is 12.4. The van der Waals surface area contributed by atoms with E-state index in [1.54, 1.807) is 4.90 Å². The van der Waals surface area contributed by atoms with Gasteiger partial charge in [0.1, 0.15) is 12.6 Å². The Balaban J connectivity index is 2.10. The van der Waals surface area contributed by atoms with E-state index < -0.39 is 6.04 Å². The summed E-state index contributed by atoms with van der Waals surface area (Å²) in [6.07, 6.45) is 7.77. The molecule has 1 heterocycles. The second-order valence-corrected chi connectivity index (χ2v) is 5.20. The van der Waals surface area contributed by atoms with Crippen molar-refractivity contribution < 1.29 is 14.4 Å². The SMILES string of the molecule is O=CCC(C=O)N1CCC2(CCCCC2)C1=O. The van der Waals surface area contributed by atoms with E-state index in [0.717, 1.165) is 44.7 Å². The van der Waals surface area contributed by atoms with Crippen LogP contribution in [-0.2, 0) is 14.4 Å². The second-order valence-electron chi connectivity index (χ2n) is 5.20. The highest BCUT2D eigenvalue weighted by molar-refractivity contribution is 5.88. The molecule has 0 bridgehead atoms. The quantitative estimate of drug-likeness (QED) is 0.693. The van der Waals surface area contributed by atoms with E-state index in [1.807, 2.05) is 0 Å². The lowest BCUT2D eigenvalue weighted by atomic mass is 9.73. The van der Waals surface area contributed by atoms with Crippen LogP contribution in [0.25, 0.3) is 0 Å². The van der Waals surface area contributed by atoms with Crippen molar-refractivity contribution in [1.29, 1.82) is 0 Å². The maximum absolute atomic E-state index is 12.4. The molecule has 0 aromatic carbocycles. The topological polar surface area (TPSA) is 54.5 Å². The zero-order valence-electron chi connectivity index (χ0n) is 10.1. The number of rotatable bonds is 4. The fourth-order valence-corrected chi connectivity index (χ4v) is 3.21. The van der Waals surface area contributed by atoms with Crippen LogP contribution in [0.15, 0.2) is 0 Å². The van der Waals surface area contributed by atoms with Crippen molar-refractivity contribution in [2.75, 3.05) is 6.54 Å². The van der Waals surface area contributed by atoms with Crippen molar-refractivity contribution in [3.05, 3.63) is 0 Å². The van der Waals surface area contributed by atoms with Gasteiger partial charge in [-0.25, -0.2) is 0 Å². The van der Waals surface area contributed by atoms with Gasteiger partial charge in [0, 0.05) is 13.0 Å². The van der Waals surface area contributed by atoms with Crippen molar-refractivity contribution in [3.63, 3.8) is 0 Å². The van der Waals surface area contributed by atoms with Crippen LogP contribution < -0.4 is 0 Å². The smallest absolute Gasteiger partial charge is 0.229 e. The van der Waals surface area contributed by atoms with Gasteiger partial charge in [-0.05, 0) is 19.3 Å². The molecule has 2 aliphatic rings. The summed E-state index contributed by atoms with van der Waals surface area (Å²) in [6.45, 7) is 0.635. The molecule has 0 N–H and O–H groups in total. The van der Waals surface area contributed by atoms with Crippen LogP contribution >= 0.6 is 0 Å². The molecule has 1 amide bonds. The van der Waals surface area contributed by atoms with E-state index in [1.165, 1.54) is 6.42 Å². The summed E-state index contributed by atoms with van der Waals surface area (Å²) in [5.74, 6) is 0.108. The first-order valence-corrected chi connectivity index (χ1v) is 6.43. The Morgan fingerprint density at radius 2 is 1.88 bits per heavy atom. The highest BCUT2D eigenvalue weighted by atomic mass is 16.2. The van der Waals surface area contributed by atoms with Crippen molar-refractivity contribution in [2.24, 2.45) is 5.41 Å². The largest absolute Gasteiger partial charge is 0.332 e. The molecular formula is C13H19NO3. The zero-order chi connectivity index (χ0) is 12.3. The highest BCUT2D eigenvalue weighted by Crippen LogP contribution is 2.45. The van der Waals surface area contributed by atoms with Crippen molar-refractivity contribution in [2.45, 2.75) is 51.0 Å². The summed E-state index contributed by atoms with van der Waals surface area (Å²) in [7, 11) is 0. The molecule has 1 spiro atoms. The molecule has 4 nitrogen and oxygen atoms in total. The lowest BCUT2D eigenvalue weighted by Crippen LogP contribution is -2.42. The number of aldehydes is 2. The average Bonchev–Trinajstić information content (AvgIpc) is 2.66. The summed E-state index contributed by atoms with van der Waals surface area (Å²) in [5.41, 5.74) is -0.206. The minimum Gasteiger partial charge on any atom is -0.332 e. The van der Waals surface area contributed by atoms with Crippen LogP contribution in [-0.4, -0.2) is 36.0 Å². The van der Waals surface area contributed by atoms with Gasteiger partial charge in [-0.3, -0.25) is 4.79 Å². The molecule has 2 rings (SSSR count). The molecule has 0 radical (unpaired) electrons. The predicted molar refractivity (Wildman–Crippen MR) is 62.4 cm³/mol. The van der Waals surface area contributed by atoms with E-state index >= 15 is 0 Å². The third kappa shape index (κ3) is 2.13. The molecule has 1 aliphatic carbocycles. The first-order chi connectivity index (χ1) is 8.23. The third-order valence-corrected chi connectivity index (χ3v) is 4.25. The molecule has 1 atom stereocenters. The Morgan fingerprint density at radius 1 is 1.18 bits per heavy atom. The third-order valence-electron chi connectivity index (χ3n) is 4.25. The predicted octanol–water partition coefficient (Wildman–Crippen LogP) is 1.33. The van der Waals surface area contributed by atoms with Crippen molar-refractivity contribution in [1.82, 2.24) is 4.90 Å². The molecular weight excluding hydrogens is 218 g/mol. The number of likely N-dealkylation sites (tertiary alicyclic amines) is 1. The van der Waals surface area contributed by atoms with Gasteiger partial charge in [-0.15, -0.1) is 0 Å². The first-order valence-electron chi connectivity index (χ1n) is 6.43. The van der Waals surface area contributed by atoms with Crippen molar-refractivity contribution in [3.8, 4) is 0 Å². The monoisotopic (exact) mass is 237 g/mol. The lowest BCUT2D eigenvalue weighted by Gasteiger charge is -2.32. The molecule has 0 aromatic heterocycles. The number of carbonyl (C=O) groups is 3. The fourth-order valence-electron chi connectivity index (χ4n) is 3.21. The number of amides is 1. The molecule has 1 saturated carbocycles. The molecule has 0 aromatic rings. The van der Waals surface area contributed by atoms with Crippen LogP contribution in [0.2, 0.25) is 0 Å². The molecule has 17 heavy (non-hydrogen) atoms. The van der Waals surface area contributed by atoms with Crippen molar-refractivity contribution >= 4 is 18.5 Å². The van der Waals surface area contributed by atoms with Gasteiger partial charge in [0.15, 0.2) is 0 Å². The molecule has 2 fully saturated rings. The summed E-state index contributed by atoms with van der Waals surface area (Å²) in [4.78, 5) is 35.5. The number of hydrogen-bond donors (Lipinski definition) is 0. The Morgan fingerprint density at radius 3 is 2.47 bits per heavy atom. The Kier molecular flexibility index (Phi) is 3.60. The van der Waals surface area contributed by atoms with Gasteiger partial charge in [-0.2, -0.15) is 0 Å². The van der Waals surface area contributed by atoms with Crippen LogP contribution in [0.4, 0.5) is 0 Å². The maximum Gasteiger partial charge on any atom is 0.229 e. The van der Waals surface area contributed by atoms with E-state index in [4.69, 9.17) is 0 Å². The van der Waals surface area contributed by atoms with Gasteiger partial charge >= 0.3 is 0 Å². The van der Waals surface area contributed by atoms with E-state index in [2.05, 4.69) is 0 Å². The van der Waals surface area contributed by atoms with E-state index in [-0.39, 0.29) is 17.7 Å². The molecule has 94 valence electrons. The summed E-state index contributed by atoms with van der Waals surface area (Å²) >= 11 is 0. The molecule has 1 unspecified atom stereocenters. The Hall–Kier alpha value is -1.19. The van der Waals surface area contributed by atoms with Crippen LogP contribution in [0, 0.1) is 5.41 Å². The van der Waals surface area contributed by atoms with Gasteiger partial charge < -0.3 is 14.5 Å². The standard InChI is InChI=1S/C13H19NO3/c15-9-4-11(10-16)14-8-7-13(12(14)17)5-2-1-3-6-13/h9-11H,1-8H2. The Bertz CT molecular complexity index is 321. The highest BCUT2D eigenvalue weighted by Gasteiger charge is 2.48. The number of nitrogens with zero attached hydrogens (tertiary/aromatic N) is 1. The normalized spacial score (nSPS) is 24.9. The summed E-state index contributed by atoms with van der Waals surface area (Å²) in [6, 6.07) is -0.540. The molecule has 1 saturated heterocycles. The number of carbonyl (C=O) groups excluding carboxylic acids is 3. The minimum absolute atomic E-state index is 0.108.